The molecule has 0 bridgehead atoms. The Labute approximate surface area is 469 Å². The SMILES string of the molecule is CCCCCCCC/C=C\CCCCCCC(COC(=O)CCCCCCCOC(=O)CCCCCCCCCCCOC(=O)CCCCCCCOC(=O)CC(O)CC(=O)OCCCCCCCCCCCC)C(=O)O. The van der Waals surface area contributed by atoms with Crippen LogP contribution in [-0.2, 0) is 52.5 Å². The molecule has 0 aromatic carbocycles. The summed E-state index contributed by atoms with van der Waals surface area (Å²) in [5.41, 5.74) is 0. The van der Waals surface area contributed by atoms with Crippen molar-refractivity contribution in [2.75, 3.05) is 33.0 Å². The van der Waals surface area contributed by atoms with Crippen molar-refractivity contribution in [1.82, 2.24) is 0 Å². The average molecular weight is 1090 g/mol. The van der Waals surface area contributed by atoms with Crippen LogP contribution in [0.5, 0.6) is 0 Å². The van der Waals surface area contributed by atoms with Crippen LogP contribution in [0.1, 0.15) is 316 Å². The minimum atomic E-state index is -1.10. The Morgan fingerprint density at radius 1 is 0.338 bits per heavy atom. The zero-order valence-electron chi connectivity index (χ0n) is 49.5. The molecule has 0 saturated heterocycles. The van der Waals surface area contributed by atoms with Crippen molar-refractivity contribution in [2.24, 2.45) is 5.92 Å². The molecule has 0 radical (unpaired) electrons. The van der Waals surface area contributed by atoms with Crippen LogP contribution in [0.3, 0.4) is 0 Å². The second-order valence-electron chi connectivity index (χ2n) is 21.8. The lowest BCUT2D eigenvalue weighted by molar-refractivity contribution is -0.152. The molecule has 0 heterocycles. The Bertz CT molecular complexity index is 1420. The summed E-state index contributed by atoms with van der Waals surface area (Å²) in [7, 11) is 0. The molecule has 0 spiro atoms. The molecule has 0 aliphatic heterocycles. The number of rotatable bonds is 60. The maximum Gasteiger partial charge on any atom is 0.309 e. The zero-order chi connectivity index (χ0) is 56.3. The van der Waals surface area contributed by atoms with E-state index in [1.807, 2.05) is 0 Å². The van der Waals surface area contributed by atoms with Gasteiger partial charge in [0.25, 0.3) is 0 Å². The molecular formula is C64H116O13. The maximum atomic E-state index is 12.2. The lowest BCUT2D eigenvalue weighted by Crippen LogP contribution is -2.22. The Morgan fingerprint density at radius 3 is 0.948 bits per heavy atom. The number of aliphatic hydroxyl groups is 1. The van der Waals surface area contributed by atoms with Gasteiger partial charge in [-0.2, -0.15) is 0 Å². The highest BCUT2D eigenvalue weighted by atomic mass is 16.5. The number of carbonyl (C=O) groups excluding carboxylic acids is 5. The summed E-state index contributed by atoms with van der Waals surface area (Å²) < 4.78 is 26.6. The van der Waals surface area contributed by atoms with Gasteiger partial charge in [-0.25, -0.2) is 0 Å². The van der Waals surface area contributed by atoms with E-state index in [9.17, 15) is 39.0 Å². The Balaban J connectivity index is 3.54. The van der Waals surface area contributed by atoms with Crippen molar-refractivity contribution in [3.63, 3.8) is 0 Å². The molecule has 0 aliphatic carbocycles. The minimum Gasteiger partial charge on any atom is -0.481 e. The molecule has 2 unspecified atom stereocenters. The van der Waals surface area contributed by atoms with E-state index in [4.69, 9.17) is 23.7 Å². The number of hydrogen-bond donors (Lipinski definition) is 2. The Hall–Kier alpha value is -3.48. The van der Waals surface area contributed by atoms with Crippen LogP contribution in [0.15, 0.2) is 12.2 Å². The second-order valence-corrected chi connectivity index (χ2v) is 21.8. The smallest absolute Gasteiger partial charge is 0.309 e. The molecule has 0 aromatic heterocycles. The first-order valence-electron chi connectivity index (χ1n) is 31.9. The van der Waals surface area contributed by atoms with Gasteiger partial charge in [-0.3, -0.25) is 28.8 Å². The fraction of sp³-hybridized carbons (Fsp3) is 0.875. The summed E-state index contributed by atoms with van der Waals surface area (Å²) in [6, 6.07) is 0. The average Bonchev–Trinajstić information content (AvgIpc) is 3.40. The summed E-state index contributed by atoms with van der Waals surface area (Å²) >= 11 is 0. The highest BCUT2D eigenvalue weighted by Crippen LogP contribution is 2.17. The van der Waals surface area contributed by atoms with E-state index in [-0.39, 0.29) is 44.0 Å². The van der Waals surface area contributed by atoms with Crippen LogP contribution >= 0.6 is 0 Å². The summed E-state index contributed by atoms with van der Waals surface area (Å²) in [4.78, 5) is 72.2. The van der Waals surface area contributed by atoms with Gasteiger partial charge in [0.1, 0.15) is 6.61 Å². The van der Waals surface area contributed by atoms with Crippen molar-refractivity contribution in [3.8, 4) is 0 Å². The van der Waals surface area contributed by atoms with Crippen molar-refractivity contribution in [2.45, 2.75) is 322 Å². The predicted octanol–water partition coefficient (Wildman–Crippen LogP) is 16.7. The van der Waals surface area contributed by atoms with Crippen LogP contribution in [0.25, 0.3) is 0 Å². The fourth-order valence-electron chi connectivity index (χ4n) is 9.29. The van der Waals surface area contributed by atoms with E-state index in [1.165, 1.54) is 89.9 Å². The van der Waals surface area contributed by atoms with Crippen LogP contribution in [0.4, 0.5) is 0 Å². The number of allylic oxidation sites excluding steroid dienone is 2. The molecule has 0 amide bonds. The summed E-state index contributed by atoms with van der Waals surface area (Å²) in [6.07, 6.45) is 48.9. The van der Waals surface area contributed by atoms with Gasteiger partial charge in [0, 0.05) is 19.3 Å². The first-order valence-corrected chi connectivity index (χ1v) is 31.9. The van der Waals surface area contributed by atoms with E-state index < -0.39 is 29.9 Å². The number of unbranched alkanes of at least 4 members (excludes halogenated alkanes) is 35. The monoisotopic (exact) mass is 1090 g/mol. The molecule has 450 valence electrons. The number of aliphatic carboxylic acids is 1. The van der Waals surface area contributed by atoms with E-state index in [1.54, 1.807) is 0 Å². The third kappa shape index (κ3) is 57.0. The maximum absolute atomic E-state index is 12.2. The minimum absolute atomic E-state index is 0.0538. The topological polar surface area (TPSA) is 189 Å². The number of esters is 5. The first kappa shape index (κ1) is 73.5. The molecule has 13 heteroatoms. The molecule has 0 aromatic rings. The number of aliphatic hydroxyl groups excluding tert-OH is 1. The number of carboxylic acid groups (broad SMARTS) is 1. The molecule has 2 N–H and O–H groups in total. The summed E-state index contributed by atoms with van der Waals surface area (Å²) in [5, 5.41) is 19.7. The van der Waals surface area contributed by atoms with Gasteiger partial charge in [-0.1, -0.05) is 219 Å². The fourth-order valence-corrected chi connectivity index (χ4v) is 9.29. The first-order chi connectivity index (χ1) is 37.6. The van der Waals surface area contributed by atoms with Gasteiger partial charge in [0.05, 0.1) is 51.3 Å². The Morgan fingerprint density at radius 2 is 0.610 bits per heavy atom. The predicted molar refractivity (Wildman–Crippen MR) is 309 cm³/mol. The summed E-state index contributed by atoms with van der Waals surface area (Å²) in [6.45, 7) is 5.93. The number of carbonyl (C=O) groups is 6. The van der Waals surface area contributed by atoms with Crippen molar-refractivity contribution < 1.29 is 62.7 Å². The lowest BCUT2D eigenvalue weighted by Gasteiger charge is -2.13. The zero-order valence-corrected chi connectivity index (χ0v) is 49.5. The Kier molecular flexibility index (Phi) is 56.0. The van der Waals surface area contributed by atoms with Gasteiger partial charge in [0.15, 0.2) is 0 Å². The van der Waals surface area contributed by atoms with E-state index in [0.717, 1.165) is 161 Å². The van der Waals surface area contributed by atoms with Crippen LogP contribution in [0, 0.1) is 5.92 Å². The molecular weight excluding hydrogens is 977 g/mol. The highest BCUT2D eigenvalue weighted by molar-refractivity contribution is 5.74. The molecule has 13 nitrogen and oxygen atoms in total. The standard InChI is InChI=1S/C64H116O13/c1-3-5-7-9-11-13-15-16-17-18-20-24-30-38-46-57(64(71)72)56-77-61(68)49-41-33-29-36-43-51-74-59(66)47-39-31-25-21-19-23-26-34-42-50-73-60(67)48-40-32-28-37-45-53-76-63(70)55-58(65)54-62(69)75-52-44-35-27-22-14-12-10-8-6-4-2/h16-17,57-58,65H,3-15,18-56H2,1-2H3,(H,71,72)/b17-16-. The molecule has 0 fully saturated rings. The molecule has 77 heavy (non-hydrogen) atoms. The van der Waals surface area contributed by atoms with Crippen LogP contribution in [0.2, 0.25) is 0 Å². The molecule has 0 saturated carbocycles. The number of carboxylic acids is 1. The second kappa shape index (κ2) is 58.7. The van der Waals surface area contributed by atoms with Crippen molar-refractivity contribution >= 4 is 35.8 Å². The quantitative estimate of drug-likeness (QED) is 0.0254. The van der Waals surface area contributed by atoms with Gasteiger partial charge >= 0.3 is 35.8 Å². The largest absolute Gasteiger partial charge is 0.481 e. The molecule has 0 aliphatic rings. The highest BCUT2D eigenvalue weighted by Gasteiger charge is 2.20. The normalized spacial score (nSPS) is 12.1. The molecule has 2 atom stereocenters. The lowest BCUT2D eigenvalue weighted by atomic mass is 10.0. The van der Waals surface area contributed by atoms with E-state index >= 15 is 0 Å². The van der Waals surface area contributed by atoms with Gasteiger partial charge < -0.3 is 33.9 Å². The molecule has 0 rings (SSSR count). The van der Waals surface area contributed by atoms with Gasteiger partial charge in [0.2, 0.25) is 0 Å². The van der Waals surface area contributed by atoms with Crippen molar-refractivity contribution in [3.05, 3.63) is 12.2 Å². The van der Waals surface area contributed by atoms with Crippen molar-refractivity contribution in [1.29, 1.82) is 0 Å². The van der Waals surface area contributed by atoms with Crippen LogP contribution < -0.4 is 0 Å². The third-order valence-electron chi connectivity index (χ3n) is 14.3. The number of hydrogen-bond acceptors (Lipinski definition) is 12. The van der Waals surface area contributed by atoms with Crippen LogP contribution in [-0.4, -0.2) is 85.2 Å². The third-order valence-corrected chi connectivity index (χ3v) is 14.3. The van der Waals surface area contributed by atoms with Gasteiger partial charge in [-0.05, 0) is 77.0 Å². The number of ether oxygens (including phenoxy) is 5. The summed E-state index contributed by atoms with van der Waals surface area (Å²) in [5.74, 6) is -3.16. The van der Waals surface area contributed by atoms with E-state index in [2.05, 4.69) is 26.0 Å². The van der Waals surface area contributed by atoms with E-state index in [0.29, 0.717) is 58.3 Å². The van der Waals surface area contributed by atoms with Gasteiger partial charge in [-0.15, -0.1) is 0 Å².